The number of carbonyl (C=O) groups excluding carboxylic acids is 1. The van der Waals surface area contributed by atoms with Gasteiger partial charge in [0.2, 0.25) is 0 Å². The van der Waals surface area contributed by atoms with E-state index in [1.54, 1.807) is 30.2 Å². The van der Waals surface area contributed by atoms with Crippen molar-refractivity contribution in [3.05, 3.63) is 40.6 Å². The van der Waals surface area contributed by atoms with Crippen LogP contribution in [-0.4, -0.2) is 19.6 Å². The van der Waals surface area contributed by atoms with E-state index < -0.39 is 0 Å². The number of hydrogen-bond donors (Lipinski definition) is 1. The molecular weight excluding hydrogens is 260 g/mol. The Balaban J connectivity index is 2.29. The van der Waals surface area contributed by atoms with E-state index >= 15 is 0 Å². The Morgan fingerprint density at radius 2 is 2.21 bits per heavy atom. The van der Waals surface area contributed by atoms with E-state index in [1.165, 1.54) is 11.3 Å². The molecule has 0 bridgehead atoms. The Labute approximate surface area is 116 Å². The summed E-state index contributed by atoms with van der Waals surface area (Å²) in [5.74, 6) is 0.665. The van der Waals surface area contributed by atoms with Crippen LogP contribution in [0, 0.1) is 0 Å². The number of carbonyl (C=O) groups is 1. The fourth-order valence-electron chi connectivity index (χ4n) is 1.81. The fourth-order valence-corrected chi connectivity index (χ4v) is 2.61. The number of hydrogen-bond acceptors (Lipinski definition) is 4. The molecule has 1 amide bonds. The summed E-state index contributed by atoms with van der Waals surface area (Å²) < 4.78 is 5.10. The predicted octanol–water partition coefficient (Wildman–Crippen LogP) is 3.01. The van der Waals surface area contributed by atoms with Gasteiger partial charge >= 0.3 is 0 Å². The van der Waals surface area contributed by atoms with Crippen LogP contribution in [0.3, 0.4) is 0 Å². The van der Waals surface area contributed by atoms with Gasteiger partial charge in [-0.1, -0.05) is 6.07 Å². The number of thiophene rings is 1. The zero-order valence-corrected chi connectivity index (χ0v) is 11.7. The van der Waals surface area contributed by atoms with Crippen molar-refractivity contribution >= 4 is 28.6 Å². The molecular formula is C14H16N2O2S. The molecule has 2 aromatic rings. The van der Waals surface area contributed by atoms with E-state index in [0.29, 0.717) is 22.9 Å². The quantitative estimate of drug-likeness (QED) is 0.873. The van der Waals surface area contributed by atoms with Gasteiger partial charge in [-0.2, -0.15) is 0 Å². The Kier molecular flexibility index (Phi) is 4.06. The van der Waals surface area contributed by atoms with Crippen LogP contribution in [0.5, 0.6) is 5.75 Å². The Morgan fingerprint density at radius 1 is 1.42 bits per heavy atom. The van der Waals surface area contributed by atoms with Gasteiger partial charge in [0.1, 0.15) is 5.75 Å². The lowest BCUT2D eigenvalue weighted by atomic mass is 10.2. The van der Waals surface area contributed by atoms with E-state index in [1.807, 2.05) is 24.4 Å². The minimum absolute atomic E-state index is 0.0404. The van der Waals surface area contributed by atoms with E-state index in [4.69, 9.17) is 10.5 Å². The maximum Gasteiger partial charge on any atom is 0.268 e. The first-order valence-corrected chi connectivity index (χ1v) is 6.83. The molecule has 0 radical (unpaired) electrons. The second kappa shape index (κ2) is 5.75. The first-order chi connectivity index (χ1) is 9.15. The lowest BCUT2D eigenvalue weighted by Gasteiger charge is -2.20. The molecule has 0 fully saturated rings. The average Bonchev–Trinajstić information content (AvgIpc) is 2.88. The highest BCUT2D eigenvalue weighted by Crippen LogP contribution is 2.25. The summed E-state index contributed by atoms with van der Waals surface area (Å²) in [6, 6.07) is 9.07. The molecule has 2 N–H and O–H groups in total. The summed E-state index contributed by atoms with van der Waals surface area (Å²) in [5.41, 5.74) is 7.21. The van der Waals surface area contributed by atoms with Crippen LogP contribution in [0.2, 0.25) is 0 Å². The molecule has 5 heteroatoms. The van der Waals surface area contributed by atoms with Crippen LogP contribution < -0.4 is 15.4 Å². The predicted molar refractivity (Wildman–Crippen MR) is 79.1 cm³/mol. The van der Waals surface area contributed by atoms with Gasteiger partial charge in [0.05, 0.1) is 12.0 Å². The molecule has 2 rings (SSSR count). The van der Waals surface area contributed by atoms with Crippen LogP contribution in [0.15, 0.2) is 35.7 Å². The monoisotopic (exact) mass is 276 g/mol. The second-order valence-electron chi connectivity index (χ2n) is 4.00. The topological polar surface area (TPSA) is 55.6 Å². The van der Waals surface area contributed by atoms with E-state index in [2.05, 4.69) is 0 Å². The first kappa shape index (κ1) is 13.4. The minimum atomic E-state index is -0.0404. The van der Waals surface area contributed by atoms with E-state index in [-0.39, 0.29) is 5.91 Å². The standard InChI is InChI=1S/C14H16N2O2S/c1-3-16(11-6-4-5-10(15)7-11)14(17)13-8-12(18-2)9-19-13/h4-9H,3,15H2,1-2H3. The number of rotatable bonds is 4. The maximum atomic E-state index is 12.5. The molecule has 1 aromatic heterocycles. The van der Waals surface area contributed by atoms with Crippen LogP contribution >= 0.6 is 11.3 Å². The highest BCUT2D eigenvalue weighted by Gasteiger charge is 2.18. The second-order valence-corrected chi connectivity index (χ2v) is 4.91. The normalized spacial score (nSPS) is 10.2. The van der Waals surface area contributed by atoms with Gasteiger partial charge in [0, 0.05) is 29.4 Å². The molecule has 100 valence electrons. The van der Waals surface area contributed by atoms with Gasteiger partial charge in [-0.05, 0) is 25.1 Å². The van der Waals surface area contributed by atoms with Crippen molar-refractivity contribution in [1.82, 2.24) is 0 Å². The number of anilines is 2. The first-order valence-electron chi connectivity index (χ1n) is 5.95. The zero-order chi connectivity index (χ0) is 13.8. The third-order valence-electron chi connectivity index (χ3n) is 2.77. The molecule has 0 atom stereocenters. The Morgan fingerprint density at radius 3 is 2.79 bits per heavy atom. The van der Waals surface area contributed by atoms with E-state index in [9.17, 15) is 4.79 Å². The van der Waals surface area contributed by atoms with Crippen molar-refractivity contribution in [2.75, 3.05) is 24.3 Å². The van der Waals surface area contributed by atoms with Crippen molar-refractivity contribution in [3.8, 4) is 5.75 Å². The minimum Gasteiger partial charge on any atom is -0.496 e. The lowest BCUT2D eigenvalue weighted by Crippen LogP contribution is -2.29. The summed E-state index contributed by atoms with van der Waals surface area (Å²) in [6.07, 6.45) is 0. The number of benzene rings is 1. The summed E-state index contributed by atoms with van der Waals surface area (Å²) in [7, 11) is 1.59. The number of amides is 1. The smallest absolute Gasteiger partial charge is 0.268 e. The van der Waals surface area contributed by atoms with Gasteiger partial charge in [0.25, 0.3) is 5.91 Å². The molecule has 0 aliphatic heterocycles. The Bertz CT molecular complexity index is 580. The third kappa shape index (κ3) is 2.88. The highest BCUT2D eigenvalue weighted by atomic mass is 32.1. The van der Waals surface area contributed by atoms with Crippen molar-refractivity contribution in [2.45, 2.75) is 6.92 Å². The average molecular weight is 276 g/mol. The van der Waals surface area contributed by atoms with Crippen LogP contribution in [-0.2, 0) is 0 Å². The molecule has 4 nitrogen and oxygen atoms in total. The maximum absolute atomic E-state index is 12.5. The molecule has 1 aromatic carbocycles. The van der Waals surface area contributed by atoms with Gasteiger partial charge in [-0.3, -0.25) is 4.79 Å². The number of methoxy groups -OCH3 is 1. The summed E-state index contributed by atoms with van der Waals surface area (Å²) >= 11 is 1.38. The van der Waals surface area contributed by atoms with Crippen molar-refractivity contribution in [3.63, 3.8) is 0 Å². The SMILES string of the molecule is CCN(C(=O)c1cc(OC)cs1)c1cccc(N)c1. The number of nitrogens with zero attached hydrogens (tertiary/aromatic N) is 1. The number of nitrogens with two attached hydrogens (primary N) is 1. The van der Waals surface area contributed by atoms with Crippen molar-refractivity contribution in [1.29, 1.82) is 0 Å². The van der Waals surface area contributed by atoms with Crippen molar-refractivity contribution < 1.29 is 9.53 Å². The fraction of sp³-hybridized carbons (Fsp3) is 0.214. The summed E-state index contributed by atoms with van der Waals surface area (Å²) in [5, 5.41) is 1.82. The van der Waals surface area contributed by atoms with Gasteiger partial charge < -0.3 is 15.4 Å². The lowest BCUT2D eigenvalue weighted by molar-refractivity contribution is 0.0992. The molecule has 1 heterocycles. The number of nitrogen functional groups attached to an aromatic ring is 1. The largest absolute Gasteiger partial charge is 0.496 e. The van der Waals surface area contributed by atoms with Crippen LogP contribution in [0.4, 0.5) is 11.4 Å². The molecule has 0 spiro atoms. The molecule has 0 aliphatic rings. The summed E-state index contributed by atoms with van der Waals surface area (Å²) in [6.45, 7) is 2.52. The summed E-state index contributed by atoms with van der Waals surface area (Å²) in [4.78, 5) is 14.8. The molecule has 0 aliphatic carbocycles. The van der Waals surface area contributed by atoms with Crippen molar-refractivity contribution in [2.24, 2.45) is 0 Å². The van der Waals surface area contributed by atoms with Crippen LogP contribution in [0.25, 0.3) is 0 Å². The van der Waals surface area contributed by atoms with Crippen LogP contribution in [0.1, 0.15) is 16.6 Å². The molecule has 0 saturated heterocycles. The molecule has 0 saturated carbocycles. The van der Waals surface area contributed by atoms with Gasteiger partial charge in [-0.15, -0.1) is 11.3 Å². The third-order valence-corrected chi connectivity index (χ3v) is 3.66. The van der Waals surface area contributed by atoms with Gasteiger partial charge in [0.15, 0.2) is 0 Å². The highest BCUT2D eigenvalue weighted by molar-refractivity contribution is 7.12. The molecule has 0 unspecified atom stereocenters. The molecule has 19 heavy (non-hydrogen) atoms. The van der Waals surface area contributed by atoms with E-state index in [0.717, 1.165) is 5.69 Å². The van der Waals surface area contributed by atoms with Gasteiger partial charge in [-0.25, -0.2) is 0 Å². The Hall–Kier alpha value is -2.01. The number of ether oxygens (including phenoxy) is 1. The zero-order valence-electron chi connectivity index (χ0n) is 10.9.